The summed E-state index contributed by atoms with van der Waals surface area (Å²) in [7, 11) is -1.01. The summed E-state index contributed by atoms with van der Waals surface area (Å²) in [5, 5.41) is 1.49. The summed E-state index contributed by atoms with van der Waals surface area (Å²) >= 11 is 0. The predicted molar refractivity (Wildman–Crippen MR) is 43.9 cm³/mol. The van der Waals surface area contributed by atoms with Gasteiger partial charge in [-0.25, -0.2) is 11.3 Å². The summed E-state index contributed by atoms with van der Waals surface area (Å²) in [4.78, 5) is 0. The van der Waals surface area contributed by atoms with Crippen molar-refractivity contribution in [1.29, 1.82) is 0 Å². The third kappa shape index (κ3) is 5.15. The van der Waals surface area contributed by atoms with Crippen LogP contribution in [0.25, 0.3) is 0 Å². The smallest absolute Gasteiger partial charge is 1.00 e. The van der Waals surface area contributed by atoms with Gasteiger partial charge in [0, 0.05) is 8.07 Å². The number of rotatable bonds is 1. The van der Waals surface area contributed by atoms with Crippen LogP contribution in [-0.2, 0) is 26.2 Å². The fourth-order valence-electron chi connectivity index (χ4n) is 0.920. The molecule has 0 aliphatic heterocycles. The maximum atomic E-state index is 3.36. The van der Waals surface area contributed by atoms with E-state index in [2.05, 4.69) is 37.9 Å². The molecule has 0 nitrogen and oxygen atoms in total. The van der Waals surface area contributed by atoms with Crippen molar-refractivity contribution in [2.24, 2.45) is 0 Å². The van der Waals surface area contributed by atoms with Gasteiger partial charge in [-0.2, -0.15) is 6.08 Å². The number of hydrogen-bond acceptors (Lipinski definition) is 0. The van der Waals surface area contributed by atoms with Crippen molar-refractivity contribution in [2.45, 2.75) is 26.1 Å². The Balaban J connectivity index is -0.000000270. The molecule has 0 aromatic heterocycles. The standard InChI is InChI=1S/C8H13Si.2FH.Zr/c1-9(2,3)8-6-4-5-7-8;;;/h4,6H,5H2,1-3H3;2*1H;/q-1;;;+3/p-2. The van der Waals surface area contributed by atoms with E-state index in [0.29, 0.717) is 0 Å². The number of halogens is 2. The van der Waals surface area contributed by atoms with Gasteiger partial charge in [-0.1, -0.05) is 19.6 Å². The van der Waals surface area contributed by atoms with E-state index in [9.17, 15) is 0 Å². The van der Waals surface area contributed by atoms with Crippen molar-refractivity contribution in [3.05, 3.63) is 23.4 Å². The minimum Gasteiger partial charge on any atom is -1.00 e. The second kappa shape index (κ2) is 6.90. The van der Waals surface area contributed by atoms with Gasteiger partial charge in [0.15, 0.2) is 0 Å². The first kappa shape index (κ1) is 18.3. The zero-order valence-electron chi connectivity index (χ0n) is 7.62. The Morgan fingerprint density at radius 1 is 1.25 bits per heavy atom. The Morgan fingerprint density at radius 2 is 1.75 bits per heavy atom. The molecule has 0 N–H and O–H groups in total. The van der Waals surface area contributed by atoms with Crippen molar-refractivity contribution in [3.8, 4) is 0 Å². The molecule has 0 saturated carbocycles. The van der Waals surface area contributed by atoms with Gasteiger partial charge >= 0.3 is 26.2 Å². The van der Waals surface area contributed by atoms with Crippen LogP contribution in [0.4, 0.5) is 0 Å². The molecule has 0 saturated heterocycles. The van der Waals surface area contributed by atoms with Gasteiger partial charge in [0.1, 0.15) is 0 Å². The van der Waals surface area contributed by atoms with Crippen LogP contribution in [0.3, 0.4) is 0 Å². The molecule has 0 unspecified atom stereocenters. The first-order valence-corrected chi connectivity index (χ1v) is 6.88. The summed E-state index contributed by atoms with van der Waals surface area (Å²) in [5.74, 6) is 0. The van der Waals surface area contributed by atoms with Crippen molar-refractivity contribution >= 4 is 8.07 Å². The van der Waals surface area contributed by atoms with E-state index in [0.717, 1.165) is 6.42 Å². The molecule has 0 heterocycles. The SMILES string of the molecule is C[Si](C)(C)C1=[C-]CC=C1.[F-].[F-].[Zr+3]. The molecule has 1 radical (unpaired) electrons. The maximum absolute atomic E-state index is 3.36. The van der Waals surface area contributed by atoms with Crippen LogP contribution in [-0.4, -0.2) is 8.07 Å². The fourth-order valence-corrected chi connectivity index (χ4v) is 2.17. The normalized spacial score (nSPS) is 13.8. The van der Waals surface area contributed by atoms with Crippen LogP contribution in [0, 0.1) is 6.08 Å². The molecule has 0 fully saturated rings. The van der Waals surface area contributed by atoms with Crippen LogP contribution >= 0.6 is 0 Å². The molecule has 0 aromatic rings. The average Bonchev–Trinajstić information content (AvgIpc) is 2.08. The van der Waals surface area contributed by atoms with Crippen LogP contribution < -0.4 is 9.41 Å². The summed E-state index contributed by atoms with van der Waals surface area (Å²) in [5.41, 5.74) is 0. The summed E-state index contributed by atoms with van der Waals surface area (Å²) in [6.07, 6.45) is 8.82. The van der Waals surface area contributed by atoms with Gasteiger partial charge in [0.25, 0.3) is 0 Å². The largest absolute Gasteiger partial charge is 3.00 e. The first-order valence-electron chi connectivity index (χ1n) is 3.38. The van der Waals surface area contributed by atoms with Crippen molar-refractivity contribution in [3.63, 3.8) is 0 Å². The van der Waals surface area contributed by atoms with Gasteiger partial charge in [-0.05, 0) is 0 Å². The van der Waals surface area contributed by atoms with Crippen molar-refractivity contribution in [2.75, 3.05) is 0 Å². The summed E-state index contributed by atoms with van der Waals surface area (Å²) in [6.45, 7) is 7.06. The molecular formula is C8H13F2SiZr. The quantitative estimate of drug-likeness (QED) is 0.342. The van der Waals surface area contributed by atoms with E-state index in [-0.39, 0.29) is 35.6 Å². The molecule has 1 aliphatic carbocycles. The first-order chi connectivity index (χ1) is 4.11. The zero-order valence-corrected chi connectivity index (χ0v) is 11.1. The maximum Gasteiger partial charge on any atom is 3.00 e. The minimum atomic E-state index is -1.01. The Bertz CT molecular complexity index is 170. The van der Waals surface area contributed by atoms with Gasteiger partial charge < -0.3 is 9.41 Å². The van der Waals surface area contributed by atoms with E-state index in [1.54, 1.807) is 0 Å². The van der Waals surface area contributed by atoms with Gasteiger partial charge in [-0.3, -0.25) is 6.08 Å². The molecule has 0 bridgehead atoms. The molecule has 67 valence electrons. The molecule has 0 atom stereocenters. The van der Waals surface area contributed by atoms with Gasteiger partial charge in [-0.15, -0.1) is 6.42 Å². The second-order valence-electron chi connectivity index (χ2n) is 3.45. The molecule has 1 rings (SSSR count). The molecule has 12 heavy (non-hydrogen) atoms. The van der Waals surface area contributed by atoms with Crippen molar-refractivity contribution < 1.29 is 35.6 Å². The van der Waals surface area contributed by atoms with Crippen LogP contribution in [0.1, 0.15) is 6.42 Å². The third-order valence-electron chi connectivity index (χ3n) is 1.50. The third-order valence-corrected chi connectivity index (χ3v) is 3.46. The summed E-state index contributed by atoms with van der Waals surface area (Å²) in [6, 6.07) is 0. The van der Waals surface area contributed by atoms with Crippen molar-refractivity contribution in [1.82, 2.24) is 0 Å². The molecule has 0 aromatic carbocycles. The fraction of sp³-hybridized carbons (Fsp3) is 0.500. The van der Waals surface area contributed by atoms with Crippen LogP contribution in [0.5, 0.6) is 0 Å². The minimum absolute atomic E-state index is 0. The van der Waals surface area contributed by atoms with Crippen LogP contribution in [0.2, 0.25) is 19.6 Å². The molecule has 1 aliphatic rings. The molecule has 4 heteroatoms. The Kier molecular flexibility index (Phi) is 10.5. The Labute approximate surface area is 93.0 Å². The van der Waals surface area contributed by atoms with E-state index >= 15 is 0 Å². The topological polar surface area (TPSA) is 0 Å². The Hall–Kier alpha value is 0.440. The average molecular weight is 266 g/mol. The monoisotopic (exact) mass is 265 g/mol. The van der Waals surface area contributed by atoms with Crippen LogP contribution in [0.15, 0.2) is 17.3 Å². The second-order valence-corrected chi connectivity index (χ2v) is 8.49. The van der Waals surface area contributed by atoms with E-state index < -0.39 is 8.07 Å². The number of hydrogen-bond donors (Lipinski definition) is 0. The predicted octanol–water partition coefficient (Wildman–Crippen LogP) is -3.44. The van der Waals surface area contributed by atoms with E-state index in [1.807, 2.05) is 0 Å². The van der Waals surface area contributed by atoms with Gasteiger partial charge in [0.2, 0.25) is 0 Å². The van der Waals surface area contributed by atoms with E-state index in [1.165, 1.54) is 5.20 Å². The summed E-state index contributed by atoms with van der Waals surface area (Å²) < 4.78 is 0. The number of allylic oxidation sites excluding steroid dienone is 4. The molecular weight excluding hydrogens is 253 g/mol. The Morgan fingerprint density at radius 3 is 1.92 bits per heavy atom. The molecule has 0 spiro atoms. The zero-order chi connectivity index (χ0) is 6.91. The molecule has 0 amide bonds. The van der Waals surface area contributed by atoms with Gasteiger partial charge in [0.05, 0.1) is 0 Å². The van der Waals surface area contributed by atoms with E-state index in [4.69, 9.17) is 0 Å².